The molecule has 1 saturated heterocycles. The van der Waals surface area contributed by atoms with Gasteiger partial charge in [0, 0.05) is 30.0 Å². The molecule has 1 aromatic carbocycles. The van der Waals surface area contributed by atoms with Gasteiger partial charge in [-0.1, -0.05) is 24.3 Å². The van der Waals surface area contributed by atoms with Crippen LogP contribution in [0.3, 0.4) is 0 Å². The Morgan fingerprint density at radius 3 is 2.41 bits per heavy atom. The molecular formula is C23H19N5S. The lowest BCUT2D eigenvalue weighted by molar-refractivity contribution is 0.549. The highest BCUT2D eigenvalue weighted by Crippen LogP contribution is 2.42. The SMILES string of the molecule is S=C1N[C@@H](c2ccccn2)[C@@H](c2cccn2-c2cccnc2)N1c1ccccc1. The zero-order chi connectivity index (χ0) is 19.6. The van der Waals surface area contributed by atoms with Gasteiger partial charge in [-0.15, -0.1) is 0 Å². The maximum Gasteiger partial charge on any atom is 0.174 e. The standard InChI is InChI=1S/C23H19N5S/c29-23-26-21(19-11-4-5-14-25-19)22(28(23)17-8-2-1-3-9-17)20-12-7-15-27(20)18-10-6-13-24-16-18/h1-16,21-22H,(H,26,29)/t21-,22+/m0/s1. The fourth-order valence-corrected chi connectivity index (χ4v) is 4.23. The Bertz CT molecular complexity index is 1110. The van der Waals surface area contributed by atoms with E-state index in [4.69, 9.17) is 12.2 Å². The highest BCUT2D eigenvalue weighted by atomic mass is 32.1. The highest BCUT2D eigenvalue weighted by Gasteiger charge is 2.42. The van der Waals surface area contributed by atoms with Crippen LogP contribution in [0.4, 0.5) is 5.69 Å². The van der Waals surface area contributed by atoms with E-state index in [-0.39, 0.29) is 12.1 Å². The number of aromatic nitrogens is 3. The average Bonchev–Trinajstić information content (AvgIpc) is 3.40. The molecule has 0 saturated carbocycles. The van der Waals surface area contributed by atoms with Crippen molar-refractivity contribution >= 4 is 23.0 Å². The zero-order valence-electron chi connectivity index (χ0n) is 15.6. The molecule has 1 N–H and O–H groups in total. The molecule has 1 aliphatic heterocycles. The number of benzene rings is 1. The van der Waals surface area contributed by atoms with E-state index >= 15 is 0 Å². The van der Waals surface area contributed by atoms with E-state index in [9.17, 15) is 0 Å². The van der Waals surface area contributed by atoms with Gasteiger partial charge in [0.1, 0.15) is 6.04 Å². The number of anilines is 1. The van der Waals surface area contributed by atoms with Crippen LogP contribution in [-0.2, 0) is 0 Å². The first-order chi connectivity index (χ1) is 14.3. The molecule has 1 aliphatic rings. The van der Waals surface area contributed by atoms with E-state index < -0.39 is 0 Å². The minimum Gasteiger partial charge on any atom is -0.351 e. The van der Waals surface area contributed by atoms with Gasteiger partial charge in [0.05, 0.1) is 23.6 Å². The van der Waals surface area contributed by atoms with E-state index in [0.717, 1.165) is 22.8 Å². The number of pyridine rings is 2. The molecule has 29 heavy (non-hydrogen) atoms. The molecular weight excluding hydrogens is 378 g/mol. The highest BCUT2D eigenvalue weighted by molar-refractivity contribution is 7.80. The maximum atomic E-state index is 5.78. The Kier molecular flexibility index (Phi) is 4.54. The fourth-order valence-electron chi connectivity index (χ4n) is 3.89. The smallest absolute Gasteiger partial charge is 0.174 e. The van der Waals surface area contributed by atoms with Crippen molar-refractivity contribution in [3.63, 3.8) is 0 Å². The summed E-state index contributed by atoms with van der Waals surface area (Å²) in [5.41, 5.74) is 4.13. The second-order valence-electron chi connectivity index (χ2n) is 6.85. The van der Waals surface area contributed by atoms with Crippen LogP contribution in [0.15, 0.2) is 97.6 Å². The zero-order valence-corrected chi connectivity index (χ0v) is 16.4. The number of nitrogens with one attached hydrogen (secondary N) is 1. The van der Waals surface area contributed by atoms with Gasteiger partial charge in [0.2, 0.25) is 0 Å². The molecule has 6 heteroatoms. The fraction of sp³-hybridized carbons (Fsp3) is 0.0870. The molecule has 3 aromatic heterocycles. The molecule has 5 rings (SSSR count). The molecule has 0 radical (unpaired) electrons. The average molecular weight is 398 g/mol. The van der Waals surface area contributed by atoms with Crippen LogP contribution >= 0.6 is 12.2 Å². The van der Waals surface area contributed by atoms with Crippen molar-refractivity contribution in [2.24, 2.45) is 0 Å². The third-order valence-corrected chi connectivity index (χ3v) is 5.45. The number of nitrogens with zero attached hydrogens (tertiary/aromatic N) is 4. The number of para-hydroxylation sites is 1. The first kappa shape index (κ1) is 17.6. The Labute approximate surface area is 174 Å². The summed E-state index contributed by atoms with van der Waals surface area (Å²) in [7, 11) is 0. The minimum atomic E-state index is -0.0748. The van der Waals surface area contributed by atoms with Crippen molar-refractivity contribution in [2.75, 3.05) is 4.90 Å². The third-order valence-electron chi connectivity index (χ3n) is 5.14. The van der Waals surface area contributed by atoms with E-state index in [2.05, 4.69) is 61.3 Å². The Morgan fingerprint density at radius 2 is 1.66 bits per heavy atom. The van der Waals surface area contributed by atoms with Gasteiger partial charge in [-0.25, -0.2) is 0 Å². The van der Waals surface area contributed by atoms with Gasteiger partial charge in [-0.05, 0) is 60.7 Å². The summed E-state index contributed by atoms with van der Waals surface area (Å²) < 4.78 is 2.17. The number of rotatable bonds is 4. The summed E-state index contributed by atoms with van der Waals surface area (Å²) in [6, 6.07) is 24.3. The number of thiocarbonyl (C=S) groups is 1. The van der Waals surface area contributed by atoms with Gasteiger partial charge >= 0.3 is 0 Å². The van der Waals surface area contributed by atoms with Crippen molar-refractivity contribution < 1.29 is 0 Å². The minimum absolute atomic E-state index is 0.0602. The molecule has 142 valence electrons. The van der Waals surface area contributed by atoms with Crippen LogP contribution in [0.5, 0.6) is 0 Å². The molecule has 1 fully saturated rings. The maximum absolute atomic E-state index is 5.78. The molecule has 4 heterocycles. The van der Waals surface area contributed by atoms with Gasteiger partial charge < -0.3 is 14.8 Å². The molecule has 0 amide bonds. The van der Waals surface area contributed by atoms with Gasteiger partial charge in [-0.3, -0.25) is 9.97 Å². The van der Waals surface area contributed by atoms with Crippen molar-refractivity contribution in [1.29, 1.82) is 0 Å². The summed E-state index contributed by atoms with van der Waals surface area (Å²) in [6.45, 7) is 0. The summed E-state index contributed by atoms with van der Waals surface area (Å²) in [5.74, 6) is 0. The Hall–Kier alpha value is -3.51. The summed E-state index contributed by atoms with van der Waals surface area (Å²) in [4.78, 5) is 11.1. The quantitative estimate of drug-likeness (QED) is 0.516. The van der Waals surface area contributed by atoms with Crippen LogP contribution in [0, 0.1) is 0 Å². The molecule has 0 unspecified atom stereocenters. The monoisotopic (exact) mass is 397 g/mol. The van der Waals surface area contributed by atoms with Gasteiger partial charge in [-0.2, -0.15) is 0 Å². The Morgan fingerprint density at radius 1 is 0.828 bits per heavy atom. The molecule has 0 aliphatic carbocycles. The van der Waals surface area contributed by atoms with Crippen molar-refractivity contribution in [2.45, 2.75) is 12.1 Å². The molecule has 0 spiro atoms. The van der Waals surface area contributed by atoms with Gasteiger partial charge in [0.15, 0.2) is 5.11 Å². The van der Waals surface area contributed by atoms with Crippen LogP contribution in [0.2, 0.25) is 0 Å². The second kappa shape index (κ2) is 7.48. The molecule has 5 nitrogen and oxygen atoms in total. The van der Waals surface area contributed by atoms with E-state index in [1.807, 2.05) is 54.9 Å². The van der Waals surface area contributed by atoms with Crippen LogP contribution in [-0.4, -0.2) is 19.6 Å². The van der Waals surface area contributed by atoms with Gasteiger partial charge in [0.25, 0.3) is 0 Å². The largest absolute Gasteiger partial charge is 0.351 e. The second-order valence-corrected chi connectivity index (χ2v) is 7.23. The third kappa shape index (κ3) is 3.17. The lowest BCUT2D eigenvalue weighted by Gasteiger charge is -2.29. The topological polar surface area (TPSA) is 46.0 Å². The van der Waals surface area contributed by atoms with Crippen LogP contribution in [0.1, 0.15) is 23.5 Å². The number of hydrogen-bond donors (Lipinski definition) is 1. The molecule has 4 aromatic rings. The lowest BCUT2D eigenvalue weighted by atomic mass is 10.0. The van der Waals surface area contributed by atoms with E-state index in [1.54, 1.807) is 6.20 Å². The predicted octanol–water partition coefficient (Wildman–Crippen LogP) is 4.44. The first-order valence-corrected chi connectivity index (χ1v) is 9.87. The Balaban J connectivity index is 1.67. The van der Waals surface area contributed by atoms with E-state index in [0.29, 0.717) is 5.11 Å². The first-order valence-electron chi connectivity index (χ1n) is 9.46. The van der Waals surface area contributed by atoms with Crippen molar-refractivity contribution in [3.05, 3.63) is 109 Å². The molecule has 0 bridgehead atoms. The van der Waals surface area contributed by atoms with Crippen LogP contribution in [0.25, 0.3) is 5.69 Å². The normalized spacial score (nSPS) is 18.6. The van der Waals surface area contributed by atoms with Crippen molar-refractivity contribution in [3.8, 4) is 5.69 Å². The number of hydrogen-bond acceptors (Lipinski definition) is 3. The van der Waals surface area contributed by atoms with Crippen molar-refractivity contribution in [1.82, 2.24) is 19.9 Å². The predicted molar refractivity (Wildman–Crippen MR) is 118 cm³/mol. The van der Waals surface area contributed by atoms with Crippen LogP contribution < -0.4 is 10.2 Å². The molecule has 2 atom stereocenters. The summed E-state index contributed by atoms with van der Waals surface area (Å²) >= 11 is 5.78. The lowest BCUT2D eigenvalue weighted by Crippen LogP contribution is -2.30. The summed E-state index contributed by atoms with van der Waals surface area (Å²) in [6.07, 6.45) is 7.54. The van der Waals surface area contributed by atoms with E-state index in [1.165, 1.54) is 0 Å². The summed E-state index contributed by atoms with van der Waals surface area (Å²) in [5, 5.41) is 4.19.